The number of aromatic nitrogens is 1. The summed E-state index contributed by atoms with van der Waals surface area (Å²) in [6.07, 6.45) is 1.28. The third-order valence-corrected chi connectivity index (χ3v) is 2.65. The van der Waals surface area contributed by atoms with Crippen molar-refractivity contribution in [3.63, 3.8) is 0 Å². The van der Waals surface area contributed by atoms with Crippen molar-refractivity contribution in [1.82, 2.24) is 4.98 Å². The first-order valence-electron chi connectivity index (χ1n) is 5.33. The van der Waals surface area contributed by atoms with Crippen molar-refractivity contribution in [3.8, 4) is 11.3 Å². The smallest absolute Gasteiger partial charge is 0.187 e. The van der Waals surface area contributed by atoms with Crippen LogP contribution in [0.1, 0.15) is 24.3 Å². The maximum Gasteiger partial charge on any atom is 0.187 e. The summed E-state index contributed by atoms with van der Waals surface area (Å²) in [6, 6.07) is 7.16. The average Bonchev–Trinajstić information content (AvgIpc) is 2.76. The molecule has 0 bridgehead atoms. The number of halogens is 1. The second-order valence-corrected chi connectivity index (χ2v) is 4.50. The van der Waals surface area contributed by atoms with E-state index >= 15 is 0 Å². The normalized spacial score (nSPS) is 10.8. The quantitative estimate of drug-likeness (QED) is 0.777. The molecule has 2 rings (SSSR count). The fourth-order valence-electron chi connectivity index (χ4n) is 1.53. The van der Waals surface area contributed by atoms with E-state index in [9.17, 15) is 4.79 Å². The van der Waals surface area contributed by atoms with E-state index in [0.29, 0.717) is 16.5 Å². The lowest BCUT2D eigenvalue weighted by atomic mass is 10.0. The van der Waals surface area contributed by atoms with E-state index in [0.717, 1.165) is 5.56 Å². The Morgan fingerprint density at radius 3 is 2.82 bits per heavy atom. The lowest BCUT2D eigenvalue weighted by Gasteiger charge is -2.03. The summed E-state index contributed by atoms with van der Waals surface area (Å²) in [7, 11) is 0. The molecule has 0 fully saturated rings. The molecule has 0 radical (unpaired) electrons. The van der Waals surface area contributed by atoms with E-state index in [-0.39, 0.29) is 11.7 Å². The SMILES string of the molecule is CC(C)C(=O)c1ncoc1-c1cccc(Cl)c1. The number of rotatable bonds is 3. The predicted molar refractivity (Wildman–Crippen MR) is 66.1 cm³/mol. The number of ketones is 1. The molecule has 0 spiro atoms. The summed E-state index contributed by atoms with van der Waals surface area (Å²) in [6.45, 7) is 3.66. The highest BCUT2D eigenvalue weighted by Gasteiger charge is 2.20. The van der Waals surface area contributed by atoms with Crippen LogP contribution in [-0.2, 0) is 0 Å². The molecule has 1 heterocycles. The topological polar surface area (TPSA) is 43.1 Å². The van der Waals surface area contributed by atoms with Crippen LogP contribution in [0.2, 0.25) is 5.02 Å². The first kappa shape index (κ1) is 11.9. The first-order chi connectivity index (χ1) is 8.09. The van der Waals surface area contributed by atoms with Crippen molar-refractivity contribution < 1.29 is 9.21 Å². The van der Waals surface area contributed by atoms with E-state index in [4.69, 9.17) is 16.0 Å². The van der Waals surface area contributed by atoms with Crippen LogP contribution in [0.25, 0.3) is 11.3 Å². The largest absolute Gasteiger partial charge is 0.443 e. The molecule has 1 aromatic carbocycles. The maximum absolute atomic E-state index is 11.9. The fraction of sp³-hybridized carbons (Fsp3) is 0.231. The van der Waals surface area contributed by atoms with E-state index in [1.54, 1.807) is 12.1 Å². The molecule has 4 heteroatoms. The van der Waals surface area contributed by atoms with Gasteiger partial charge in [-0.25, -0.2) is 4.98 Å². The van der Waals surface area contributed by atoms with Gasteiger partial charge in [0.05, 0.1) is 0 Å². The Bertz CT molecular complexity index is 546. The van der Waals surface area contributed by atoms with Crippen LogP contribution in [0, 0.1) is 5.92 Å². The molecule has 0 unspecified atom stereocenters. The van der Waals surface area contributed by atoms with Gasteiger partial charge >= 0.3 is 0 Å². The molecule has 2 aromatic rings. The average molecular weight is 250 g/mol. The van der Waals surface area contributed by atoms with Gasteiger partial charge in [0.15, 0.2) is 23.6 Å². The monoisotopic (exact) mass is 249 g/mol. The predicted octanol–water partition coefficient (Wildman–Crippen LogP) is 3.83. The van der Waals surface area contributed by atoms with Crippen molar-refractivity contribution >= 4 is 17.4 Å². The van der Waals surface area contributed by atoms with Crippen molar-refractivity contribution in [3.05, 3.63) is 41.4 Å². The summed E-state index contributed by atoms with van der Waals surface area (Å²) in [5.41, 5.74) is 1.13. The third-order valence-electron chi connectivity index (χ3n) is 2.41. The van der Waals surface area contributed by atoms with Crippen LogP contribution in [0.5, 0.6) is 0 Å². The number of benzene rings is 1. The Hall–Kier alpha value is -1.61. The molecule has 0 N–H and O–H groups in total. The minimum atomic E-state index is -0.113. The van der Waals surface area contributed by atoms with Gasteiger partial charge in [0.2, 0.25) is 0 Å². The molecule has 3 nitrogen and oxygen atoms in total. The van der Waals surface area contributed by atoms with Gasteiger partial charge in [-0.1, -0.05) is 37.6 Å². The van der Waals surface area contributed by atoms with Crippen LogP contribution in [-0.4, -0.2) is 10.8 Å². The number of carbonyl (C=O) groups excluding carboxylic acids is 1. The zero-order valence-electron chi connectivity index (χ0n) is 9.61. The molecule has 0 aliphatic rings. The third kappa shape index (κ3) is 2.39. The van der Waals surface area contributed by atoms with Crippen LogP contribution in [0.3, 0.4) is 0 Å². The van der Waals surface area contributed by atoms with Gasteiger partial charge in [-0.15, -0.1) is 0 Å². The zero-order chi connectivity index (χ0) is 12.4. The van der Waals surface area contributed by atoms with Gasteiger partial charge in [-0.05, 0) is 12.1 Å². The summed E-state index contributed by atoms with van der Waals surface area (Å²) in [5, 5.41) is 0.599. The molecule has 0 saturated carbocycles. The van der Waals surface area contributed by atoms with Gasteiger partial charge in [0, 0.05) is 16.5 Å². The first-order valence-corrected chi connectivity index (χ1v) is 5.71. The van der Waals surface area contributed by atoms with E-state index in [2.05, 4.69) is 4.98 Å². The Balaban J connectivity index is 2.47. The molecular weight excluding hydrogens is 238 g/mol. The fourth-order valence-corrected chi connectivity index (χ4v) is 1.72. The van der Waals surface area contributed by atoms with Crippen molar-refractivity contribution in [1.29, 1.82) is 0 Å². The highest BCUT2D eigenvalue weighted by molar-refractivity contribution is 6.30. The highest BCUT2D eigenvalue weighted by atomic mass is 35.5. The van der Waals surface area contributed by atoms with E-state index in [1.165, 1.54) is 6.39 Å². The van der Waals surface area contributed by atoms with Gasteiger partial charge in [0.1, 0.15) is 0 Å². The summed E-state index contributed by atoms with van der Waals surface area (Å²) >= 11 is 5.91. The minimum absolute atomic E-state index is 0.0336. The standard InChI is InChI=1S/C13H12ClNO2/c1-8(2)12(16)11-13(17-7-15-11)9-4-3-5-10(14)6-9/h3-8H,1-2H3. The molecule has 0 aliphatic carbocycles. The lowest BCUT2D eigenvalue weighted by Crippen LogP contribution is -2.08. The van der Waals surface area contributed by atoms with Gasteiger partial charge in [-0.3, -0.25) is 4.79 Å². The van der Waals surface area contributed by atoms with Crippen LogP contribution in [0.15, 0.2) is 35.1 Å². The van der Waals surface area contributed by atoms with Crippen LogP contribution >= 0.6 is 11.6 Å². The Morgan fingerprint density at radius 1 is 1.41 bits per heavy atom. The number of carbonyl (C=O) groups is 1. The minimum Gasteiger partial charge on any atom is -0.443 e. The highest BCUT2D eigenvalue weighted by Crippen LogP contribution is 2.27. The molecule has 0 atom stereocenters. The lowest BCUT2D eigenvalue weighted by molar-refractivity contribution is 0.0935. The van der Waals surface area contributed by atoms with Crippen LogP contribution in [0.4, 0.5) is 0 Å². The molecule has 0 saturated heterocycles. The van der Waals surface area contributed by atoms with E-state index < -0.39 is 0 Å². The molecule has 17 heavy (non-hydrogen) atoms. The molecule has 0 aliphatic heterocycles. The summed E-state index contributed by atoms with van der Waals surface area (Å²) in [5.74, 6) is 0.331. The Kier molecular flexibility index (Phi) is 3.29. The van der Waals surface area contributed by atoms with Gasteiger partial charge in [0.25, 0.3) is 0 Å². The second-order valence-electron chi connectivity index (χ2n) is 4.06. The number of hydrogen-bond acceptors (Lipinski definition) is 3. The summed E-state index contributed by atoms with van der Waals surface area (Å²) in [4.78, 5) is 15.9. The number of nitrogens with zero attached hydrogens (tertiary/aromatic N) is 1. The zero-order valence-corrected chi connectivity index (χ0v) is 10.4. The molecular formula is C13H12ClNO2. The summed E-state index contributed by atoms with van der Waals surface area (Å²) < 4.78 is 5.29. The molecule has 88 valence electrons. The number of oxazole rings is 1. The molecule has 0 amide bonds. The van der Waals surface area contributed by atoms with Crippen molar-refractivity contribution in [2.75, 3.05) is 0 Å². The van der Waals surface area contributed by atoms with Crippen molar-refractivity contribution in [2.45, 2.75) is 13.8 Å². The number of Topliss-reactive ketones (excluding diaryl/α,β-unsaturated/α-hetero) is 1. The Labute approximate surface area is 104 Å². The van der Waals surface area contributed by atoms with Crippen LogP contribution < -0.4 is 0 Å². The number of hydrogen-bond donors (Lipinski definition) is 0. The van der Waals surface area contributed by atoms with E-state index in [1.807, 2.05) is 26.0 Å². The maximum atomic E-state index is 11.9. The Morgan fingerprint density at radius 2 is 2.18 bits per heavy atom. The van der Waals surface area contributed by atoms with Gasteiger partial charge in [-0.2, -0.15) is 0 Å². The molecule has 1 aromatic heterocycles. The van der Waals surface area contributed by atoms with Crippen molar-refractivity contribution in [2.24, 2.45) is 5.92 Å². The van der Waals surface area contributed by atoms with Gasteiger partial charge < -0.3 is 4.42 Å². The second kappa shape index (κ2) is 4.72.